The van der Waals surface area contributed by atoms with Crippen LogP contribution in [0.3, 0.4) is 0 Å². The fourth-order valence-corrected chi connectivity index (χ4v) is 1.95. The molecule has 1 rings (SSSR count). The van der Waals surface area contributed by atoms with Crippen molar-refractivity contribution in [2.24, 2.45) is 10.7 Å². The minimum atomic E-state index is -0.725. The molecule has 0 bridgehead atoms. The van der Waals surface area contributed by atoms with Crippen LogP contribution in [0.15, 0.2) is 35.1 Å². The number of benzene rings is 1. The van der Waals surface area contributed by atoms with Crippen LogP contribution in [0.1, 0.15) is 18.9 Å². The summed E-state index contributed by atoms with van der Waals surface area (Å²) < 4.78 is 10.4. The number of aliphatic hydroxyl groups is 1. The summed E-state index contributed by atoms with van der Waals surface area (Å²) in [7, 11) is 1.41. The first-order valence-corrected chi connectivity index (χ1v) is 7.70. The lowest BCUT2D eigenvalue weighted by atomic mass is 10.2. The molecule has 2 atom stereocenters. The van der Waals surface area contributed by atoms with E-state index in [1.807, 2.05) is 6.92 Å². The highest BCUT2D eigenvalue weighted by Gasteiger charge is 2.10. The van der Waals surface area contributed by atoms with Gasteiger partial charge in [0.25, 0.3) is 0 Å². The molecule has 0 aliphatic rings. The van der Waals surface area contributed by atoms with E-state index in [0.717, 1.165) is 5.56 Å². The van der Waals surface area contributed by atoms with E-state index in [2.05, 4.69) is 10.3 Å². The average Bonchev–Trinajstić information content (AvgIpc) is 2.58. The Morgan fingerprint density at radius 1 is 1.44 bits per heavy atom. The number of methoxy groups -OCH3 is 1. The van der Waals surface area contributed by atoms with Crippen LogP contribution < -0.4 is 15.8 Å². The second-order valence-electron chi connectivity index (χ2n) is 5.40. The number of isocyanates is 1. The average molecular weight is 349 g/mol. The van der Waals surface area contributed by atoms with Gasteiger partial charge in [-0.15, -0.1) is 4.99 Å². The van der Waals surface area contributed by atoms with Gasteiger partial charge in [-0.25, -0.2) is 4.79 Å². The Kier molecular flexibility index (Phi) is 8.95. The monoisotopic (exact) mass is 349 g/mol. The SMILES string of the molecule is COC(=Cc1ccc(OCC(O)CNC(C)CC(N)=O)cc1)N=C=O. The molecule has 0 radical (unpaired) electrons. The number of rotatable bonds is 11. The summed E-state index contributed by atoms with van der Waals surface area (Å²) in [6.07, 6.45) is 2.47. The van der Waals surface area contributed by atoms with E-state index in [-0.39, 0.29) is 31.5 Å². The predicted octanol–water partition coefficient (Wildman–Crippen LogP) is 0.560. The molecule has 8 heteroatoms. The number of aliphatic hydroxyl groups excluding tert-OH is 1. The van der Waals surface area contributed by atoms with Crippen LogP contribution >= 0.6 is 0 Å². The molecule has 0 spiro atoms. The molecule has 2 unspecified atom stereocenters. The zero-order valence-electron chi connectivity index (χ0n) is 14.3. The largest absolute Gasteiger partial charge is 0.491 e. The number of carbonyl (C=O) groups excluding carboxylic acids is 2. The second kappa shape index (κ2) is 11.0. The van der Waals surface area contributed by atoms with Gasteiger partial charge >= 0.3 is 0 Å². The lowest BCUT2D eigenvalue weighted by Gasteiger charge is -2.16. The van der Waals surface area contributed by atoms with Gasteiger partial charge in [-0.05, 0) is 24.6 Å². The Hall–Kier alpha value is -2.67. The van der Waals surface area contributed by atoms with Gasteiger partial charge in [0.05, 0.1) is 7.11 Å². The van der Waals surface area contributed by atoms with Crippen LogP contribution in [0, 0.1) is 0 Å². The summed E-state index contributed by atoms with van der Waals surface area (Å²) in [5, 5.41) is 12.9. The number of hydrogen-bond donors (Lipinski definition) is 3. The van der Waals surface area contributed by atoms with E-state index in [1.165, 1.54) is 13.2 Å². The Morgan fingerprint density at radius 3 is 2.68 bits per heavy atom. The molecule has 0 aliphatic heterocycles. The minimum Gasteiger partial charge on any atom is -0.491 e. The van der Waals surface area contributed by atoms with Crippen molar-refractivity contribution in [2.75, 3.05) is 20.3 Å². The van der Waals surface area contributed by atoms with E-state index in [0.29, 0.717) is 5.75 Å². The van der Waals surface area contributed by atoms with Gasteiger partial charge in [0, 0.05) is 25.1 Å². The molecule has 0 heterocycles. The number of hydrogen-bond acceptors (Lipinski definition) is 7. The molecule has 8 nitrogen and oxygen atoms in total. The number of primary amides is 1. The molecular formula is C17H23N3O5. The predicted molar refractivity (Wildman–Crippen MR) is 92.3 cm³/mol. The fraction of sp³-hybridized carbons (Fsp3) is 0.412. The highest BCUT2D eigenvalue weighted by molar-refractivity contribution is 5.74. The summed E-state index contributed by atoms with van der Waals surface area (Å²) in [5.74, 6) is 0.338. The first-order valence-electron chi connectivity index (χ1n) is 7.70. The van der Waals surface area contributed by atoms with Gasteiger partial charge in [-0.3, -0.25) is 4.79 Å². The van der Waals surface area contributed by atoms with Gasteiger partial charge in [0.1, 0.15) is 18.5 Å². The number of carbonyl (C=O) groups is 1. The third-order valence-electron chi connectivity index (χ3n) is 3.19. The van der Waals surface area contributed by atoms with Crippen molar-refractivity contribution in [3.8, 4) is 5.75 Å². The number of nitrogens with two attached hydrogens (primary N) is 1. The Morgan fingerprint density at radius 2 is 2.12 bits per heavy atom. The molecule has 0 fully saturated rings. The molecule has 136 valence electrons. The molecule has 0 saturated heterocycles. The second-order valence-corrected chi connectivity index (χ2v) is 5.40. The van der Waals surface area contributed by atoms with E-state index in [9.17, 15) is 14.7 Å². The summed E-state index contributed by atoms with van der Waals surface area (Å²) in [6, 6.07) is 6.85. The van der Waals surface area contributed by atoms with E-state index in [1.54, 1.807) is 30.3 Å². The van der Waals surface area contributed by atoms with Crippen molar-refractivity contribution in [2.45, 2.75) is 25.5 Å². The zero-order valence-corrected chi connectivity index (χ0v) is 14.3. The van der Waals surface area contributed by atoms with E-state index < -0.39 is 12.0 Å². The van der Waals surface area contributed by atoms with Gasteiger partial charge in [-0.2, -0.15) is 0 Å². The third kappa shape index (κ3) is 8.66. The maximum atomic E-state index is 10.8. The van der Waals surface area contributed by atoms with Crippen LogP contribution in [0.5, 0.6) is 5.75 Å². The lowest BCUT2D eigenvalue weighted by molar-refractivity contribution is -0.118. The van der Waals surface area contributed by atoms with Crippen molar-refractivity contribution in [3.05, 3.63) is 35.7 Å². The quantitative estimate of drug-likeness (QED) is 0.305. The molecule has 25 heavy (non-hydrogen) atoms. The van der Waals surface area contributed by atoms with Gasteiger partial charge < -0.3 is 25.6 Å². The first kappa shape index (κ1) is 20.4. The maximum Gasteiger partial charge on any atom is 0.243 e. The Labute approximate surface area is 146 Å². The van der Waals surface area contributed by atoms with E-state index >= 15 is 0 Å². The van der Waals surface area contributed by atoms with Gasteiger partial charge in [0.2, 0.25) is 17.9 Å². The standard InChI is InChI=1S/C17H23N3O5/c1-12(7-16(18)23)19-9-14(22)10-25-15-5-3-13(4-6-15)8-17(24-2)20-11-21/h3-6,8,12,14,19,22H,7,9-10H2,1-2H3,(H2,18,23). The number of nitrogens with zero attached hydrogens (tertiary/aromatic N) is 1. The summed E-state index contributed by atoms with van der Waals surface area (Å²) >= 11 is 0. The molecular weight excluding hydrogens is 326 g/mol. The summed E-state index contributed by atoms with van der Waals surface area (Å²) in [4.78, 5) is 24.4. The van der Waals surface area contributed by atoms with Crippen molar-refractivity contribution < 1.29 is 24.2 Å². The molecule has 0 aliphatic carbocycles. The highest BCUT2D eigenvalue weighted by Crippen LogP contribution is 2.15. The molecule has 0 aromatic heterocycles. The van der Waals surface area contributed by atoms with Crippen LogP contribution in [-0.2, 0) is 14.3 Å². The van der Waals surface area contributed by atoms with Crippen LogP contribution in [0.25, 0.3) is 6.08 Å². The number of amides is 1. The number of nitrogens with one attached hydrogen (secondary N) is 1. The molecule has 1 aromatic rings. The van der Waals surface area contributed by atoms with Gasteiger partial charge in [-0.1, -0.05) is 12.1 Å². The van der Waals surface area contributed by atoms with Crippen LogP contribution in [0.4, 0.5) is 0 Å². The number of ether oxygens (including phenoxy) is 2. The maximum absolute atomic E-state index is 10.8. The van der Waals surface area contributed by atoms with Gasteiger partial charge in [0.15, 0.2) is 0 Å². The molecule has 0 saturated carbocycles. The third-order valence-corrected chi connectivity index (χ3v) is 3.19. The summed E-state index contributed by atoms with van der Waals surface area (Å²) in [6.45, 7) is 2.20. The number of aliphatic imine (C=N–C) groups is 1. The highest BCUT2D eigenvalue weighted by atomic mass is 16.5. The smallest absolute Gasteiger partial charge is 0.243 e. The van der Waals surface area contributed by atoms with Crippen molar-refractivity contribution in [1.29, 1.82) is 0 Å². The fourth-order valence-electron chi connectivity index (χ4n) is 1.95. The molecule has 1 aromatic carbocycles. The Bertz CT molecular complexity index is 624. The van der Waals surface area contributed by atoms with Crippen molar-refractivity contribution >= 4 is 18.1 Å². The molecule has 4 N–H and O–H groups in total. The van der Waals surface area contributed by atoms with Crippen molar-refractivity contribution in [1.82, 2.24) is 5.32 Å². The first-order chi connectivity index (χ1) is 11.9. The Balaban J connectivity index is 2.45. The van der Waals surface area contributed by atoms with Crippen LogP contribution in [0.2, 0.25) is 0 Å². The zero-order chi connectivity index (χ0) is 18.7. The normalized spacial score (nSPS) is 13.5. The minimum absolute atomic E-state index is 0.101. The van der Waals surface area contributed by atoms with Crippen molar-refractivity contribution in [3.63, 3.8) is 0 Å². The van der Waals surface area contributed by atoms with Crippen LogP contribution in [-0.4, -0.2) is 49.5 Å². The van der Waals surface area contributed by atoms with E-state index in [4.69, 9.17) is 15.2 Å². The lowest BCUT2D eigenvalue weighted by Crippen LogP contribution is -2.38. The topological polar surface area (TPSA) is 123 Å². The summed E-state index contributed by atoms with van der Waals surface area (Å²) in [5.41, 5.74) is 5.87. The molecule has 1 amide bonds.